The third-order valence-electron chi connectivity index (χ3n) is 3.95. The summed E-state index contributed by atoms with van der Waals surface area (Å²) in [5, 5.41) is 9.00. The van der Waals surface area contributed by atoms with Gasteiger partial charge < -0.3 is 9.88 Å². The summed E-state index contributed by atoms with van der Waals surface area (Å²) in [5.74, 6) is -0.0960. The van der Waals surface area contributed by atoms with Gasteiger partial charge in [-0.3, -0.25) is 9.48 Å². The van der Waals surface area contributed by atoms with Gasteiger partial charge in [-0.05, 0) is 38.1 Å². The van der Waals surface area contributed by atoms with Crippen LogP contribution in [0.25, 0.3) is 10.9 Å². The van der Waals surface area contributed by atoms with Gasteiger partial charge in [0.25, 0.3) is 5.91 Å². The number of aryl methyl sites for hydroxylation is 3. The molecule has 2 aromatic heterocycles. The minimum Gasteiger partial charge on any atom is -0.349 e. The largest absolute Gasteiger partial charge is 0.349 e. The van der Waals surface area contributed by atoms with Crippen LogP contribution in [0, 0.1) is 13.8 Å². The van der Waals surface area contributed by atoms with Crippen LogP contribution in [0.2, 0.25) is 5.02 Å². The number of carbonyl (C=O) groups is 1. The Kier molecular flexibility index (Phi) is 4.13. The number of rotatable bonds is 4. The molecule has 0 saturated heterocycles. The fourth-order valence-corrected chi connectivity index (χ4v) is 2.95. The highest BCUT2D eigenvalue weighted by Gasteiger charge is 2.13. The van der Waals surface area contributed by atoms with Crippen molar-refractivity contribution in [2.24, 2.45) is 7.05 Å². The predicted octanol–water partition coefficient (Wildman–Crippen LogP) is 3.08. The van der Waals surface area contributed by atoms with Gasteiger partial charge in [-0.15, -0.1) is 0 Å². The maximum Gasteiger partial charge on any atom is 0.267 e. The number of nitrogens with zero attached hydrogens (tertiary/aromatic N) is 3. The van der Waals surface area contributed by atoms with E-state index in [2.05, 4.69) is 10.4 Å². The number of hydrogen-bond acceptors (Lipinski definition) is 2. The molecule has 0 aliphatic carbocycles. The number of hydrogen-bond donors (Lipinski definition) is 1. The van der Waals surface area contributed by atoms with Crippen LogP contribution >= 0.6 is 11.6 Å². The number of halogens is 1. The Balaban J connectivity index is 1.71. The molecule has 2 heterocycles. The topological polar surface area (TPSA) is 51.9 Å². The molecule has 6 heteroatoms. The molecule has 120 valence electrons. The molecule has 1 N–H and O–H groups in total. The molecule has 0 radical (unpaired) electrons. The standard InChI is InChI=1S/C17H19ClN4O/c1-11-8-12(2)22(20-11)7-6-19-17(23)16-9-13-4-5-14(18)10-15(13)21(16)3/h4-5,8-10H,6-7H2,1-3H3,(H,19,23). The second-order valence-electron chi connectivity index (χ2n) is 5.70. The van der Waals surface area contributed by atoms with Gasteiger partial charge in [0.05, 0.1) is 12.2 Å². The van der Waals surface area contributed by atoms with Gasteiger partial charge in [0.2, 0.25) is 0 Å². The van der Waals surface area contributed by atoms with E-state index in [1.807, 2.05) is 60.5 Å². The lowest BCUT2D eigenvalue weighted by molar-refractivity contribution is 0.0944. The molecule has 0 bridgehead atoms. The summed E-state index contributed by atoms with van der Waals surface area (Å²) >= 11 is 6.02. The molecule has 0 unspecified atom stereocenters. The number of amides is 1. The van der Waals surface area contributed by atoms with E-state index in [0.29, 0.717) is 23.8 Å². The van der Waals surface area contributed by atoms with Crippen molar-refractivity contribution >= 4 is 28.4 Å². The summed E-state index contributed by atoms with van der Waals surface area (Å²) in [5.41, 5.74) is 3.65. The lowest BCUT2D eigenvalue weighted by atomic mass is 10.2. The van der Waals surface area contributed by atoms with E-state index in [0.717, 1.165) is 22.3 Å². The van der Waals surface area contributed by atoms with Crippen molar-refractivity contribution in [3.63, 3.8) is 0 Å². The summed E-state index contributed by atoms with van der Waals surface area (Å²) in [4.78, 5) is 12.4. The Morgan fingerprint density at radius 3 is 2.74 bits per heavy atom. The molecular weight excluding hydrogens is 312 g/mol. The molecule has 23 heavy (non-hydrogen) atoms. The molecule has 5 nitrogen and oxygen atoms in total. The first kappa shape index (κ1) is 15.6. The van der Waals surface area contributed by atoms with Crippen LogP contribution in [-0.2, 0) is 13.6 Å². The molecule has 1 amide bonds. The normalized spacial score (nSPS) is 11.1. The van der Waals surface area contributed by atoms with E-state index in [1.54, 1.807) is 0 Å². The Morgan fingerprint density at radius 1 is 1.26 bits per heavy atom. The maximum atomic E-state index is 12.4. The zero-order chi connectivity index (χ0) is 16.6. The van der Waals surface area contributed by atoms with Crippen LogP contribution in [0.15, 0.2) is 30.3 Å². The Hall–Kier alpha value is -2.27. The highest BCUT2D eigenvalue weighted by atomic mass is 35.5. The van der Waals surface area contributed by atoms with Gasteiger partial charge >= 0.3 is 0 Å². The van der Waals surface area contributed by atoms with Crippen molar-refractivity contribution in [1.29, 1.82) is 0 Å². The third-order valence-corrected chi connectivity index (χ3v) is 4.19. The molecule has 0 spiro atoms. The van der Waals surface area contributed by atoms with Crippen molar-refractivity contribution in [2.45, 2.75) is 20.4 Å². The minimum absolute atomic E-state index is 0.0960. The average molecular weight is 331 g/mol. The second-order valence-corrected chi connectivity index (χ2v) is 6.13. The smallest absolute Gasteiger partial charge is 0.267 e. The molecule has 0 aliphatic rings. The Labute approximate surface area is 139 Å². The molecule has 1 aromatic carbocycles. The summed E-state index contributed by atoms with van der Waals surface area (Å²) < 4.78 is 3.76. The van der Waals surface area contributed by atoms with E-state index < -0.39 is 0 Å². The van der Waals surface area contributed by atoms with Crippen molar-refractivity contribution in [3.05, 3.63) is 52.4 Å². The number of fused-ring (bicyclic) bond motifs is 1. The predicted molar refractivity (Wildman–Crippen MR) is 92.0 cm³/mol. The van der Waals surface area contributed by atoms with Gasteiger partial charge in [-0.2, -0.15) is 5.10 Å². The lowest BCUT2D eigenvalue weighted by Crippen LogP contribution is -2.29. The summed E-state index contributed by atoms with van der Waals surface area (Å²) in [6, 6.07) is 9.52. The number of carbonyl (C=O) groups excluding carboxylic acids is 1. The van der Waals surface area contributed by atoms with E-state index >= 15 is 0 Å². The van der Waals surface area contributed by atoms with Crippen LogP contribution < -0.4 is 5.32 Å². The first-order valence-electron chi connectivity index (χ1n) is 7.50. The summed E-state index contributed by atoms with van der Waals surface area (Å²) in [7, 11) is 1.87. The monoisotopic (exact) mass is 330 g/mol. The minimum atomic E-state index is -0.0960. The molecule has 3 rings (SSSR count). The van der Waals surface area contributed by atoms with Gasteiger partial charge in [-0.25, -0.2) is 0 Å². The van der Waals surface area contributed by atoms with Gasteiger partial charge in [0.1, 0.15) is 5.69 Å². The van der Waals surface area contributed by atoms with E-state index in [4.69, 9.17) is 11.6 Å². The van der Waals surface area contributed by atoms with Crippen molar-refractivity contribution < 1.29 is 4.79 Å². The van der Waals surface area contributed by atoms with Crippen LogP contribution in [0.1, 0.15) is 21.9 Å². The average Bonchev–Trinajstić information content (AvgIpc) is 2.99. The molecule has 0 aliphatic heterocycles. The summed E-state index contributed by atoms with van der Waals surface area (Å²) in [6.45, 7) is 5.16. The van der Waals surface area contributed by atoms with E-state index in [9.17, 15) is 4.79 Å². The summed E-state index contributed by atoms with van der Waals surface area (Å²) in [6.07, 6.45) is 0. The highest BCUT2D eigenvalue weighted by molar-refractivity contribution is 6.31. The lowest BCUT2D eigenvalue weighted by Gasteiger charge is -2.08. The van der Waals surface area contributed by atoms with Crippen molar-refractivity contribution in [3.8, 4) is 0 Å². The van der Waals surface area contributed by atoms with Gasteiger partial charge in [0, 0.05) is 35.2 Å². The van der Waals surface area contributed by atoms with Gasteiger partial charge in [0.15, 0.2) is 0 Å². The van der Waals surface area contributed by atoms with Crippen LogP contribution in [0.5, 0.6) is 0 Å². The zero-order valence-corrected chi connectivity index (χ0v) is 14.2. The van der Waals surface area contributed by atoms with Crippen molar-refractivity contribution in [2.75, 3.05) is 6.54 Å². The van der Waals surface area contributed by atoms with E-state index in [-0.39, 0.29) is 5.91 Å². The van der Waals surface area contributed by atoms with Crippen LogP contribution in [-0.4, -0.2) is 26.8 Å². The quantitative estimate of drug-likeness (QED) is 0.799. The van der Waals surface area contributed by atoms with Gasteiger partial charge in [-0.1, -0.05) is 17.7 Å². The first-order chi connectivity index (χ1) is 11.0. The second kappa shape index (κ2) is 6.08. The van der Waals surface area contributed by atoms with E-state index in [1.165, 1.54) is 0 Å². The zero-order valence-electron chi connectivity index (χ0n) is 13.4. The molecular formula is C17H19ClN4O. The third kappa shape index (κ3) is 3.10. The number of benzene rings is 1. The fourth-order valence-electron chi connectivity index (χ4n) is 2.79. The molecule has 0 saturated carbocycles. The van der Waals surface area contributed by atoms with Crippen LogP contribution in [0.4, 0.5) is 0 Å². The number of nitrogens with one attached hydrogen (secondary N) is 1. The maximum absolute atomic E-state index is 12.4. The molecule has 0 fully saturated rings. The Morgan fingerprint density at radius 2 is 2.04 bits per heavy atom. The highest BCUT2D eigenvalue weighted by Crippen LogP contribution is 2.22. The SMILES string of the molecule is Cc1cc(C)n(CCNC(=O)c2cc3ccc(Cl)cc3n2C)n1. The van der Waals surface area contributed by atoms with Crippen LogP contribution in [0.3, 0.4) is 0 Å². The Bertz CT molecular complexity index is 878. The first-order valence-corrected chi connectivity index (χ1v) is 7.88. The number of aromatic nitrogens is 3. The fraction of sp³-hybridized carbons (Fsp3) is 0.294. The molecule has 0 atom stereocenters. The molecule has 3 aromatic rings. The van der Waals surface area contributed by atoms with Crippen molar-refractivity contribution in [1.82, 2.24) is 19.7 Å².